The summed E-state index contributed by atoms with van der Waals surface area (Å²) in [7, 11) is -3.72. The summed E-state index contributed by atoms with van der Waals surface area (Å²) in [6, 6.07) is 2.99. The largest absolute Gasteiger partial charge is 0.447 e. The van der Waals surface area contributed by atoms with Gasteiger partial charge in [0.2, 0.25) is 5.09 Å². The fraction of sp³-hybridized carbons (Fsp3) is 0.600. The molecule has 92 valence electrons. The number of hydrogen-bond donors (Lipinski definition) is 2. The Morgan fingerprint density at radius 3 is 2.69 bits per heavy atom. The Hall–Kier alpha value is -0.850. The molecule has 1 heterocycles. The number of furan rings is 1. The van der Waals surface area contributed by atoms with Crippen molar-refractivity contribution in [1.82, 2.24) is 5.32 Å². The second-order valence-corrected chi connectivity index (χ2v) is 5.40. The van der Waals surface area contributed by atoms with Crippen LogP contribution in [0.25, 0.3) is 0 Å². The molecule has 0 amide bonds. The first kappa shape index (κ1) is 13.2. The van der Waals surface area contributed by atoms with E-state index in [9.17, 15) is 8.42 Å². The van der Waals surface area contributed by atoms with Crippen molar-refractivity contribution in [1.29, 1.82) is 0 Å². The Kier molecular flexibility index (Phi) is 4.52. The lowest BCUT2D eigenvalue weighted by Gasteiger charge is -2.08. The third-order valence-electron chi connectivity index (χ3n) is 2.41. The highest BCUT2D eigenvalue weighted by Crippen LogP contribution is 2.11. The van der Waals surface area contributed by atoms with Gasteiger partial charge in [-0.1, -0.05) is 20.3 Å². The summed E-state index contributed by atoms with van der Waals surface area (Å²) in [5.74, 6) is 1.17. The monoisotopic (exact) mass is 246 g/mol. The molecular weight excluding hydrogens is 228 g/mol. The van der Waals surface area contributed by atoms with Gasteiger partial charge in [0.25, 0.3) is 10.0 Å². The Labute approximate surface area is 96.1 Å². The van der Waals surface area contributed by atoms with Gasteiger partial charge in [0.05, 0.1) is 6.54 Å². The molecule has 0 radical (unpaired) electrons. The van der Waals surface area contributed by atoms with E-state index in [2.05, 4.69) is 19.2 Å². The van der Waals surface area contributed by atoms with E-state index in [0.29, 0.717) is 18.2 Å². The maximum atomic E-state index is 10.9. The van der Waals surface area contributed by atoms with Crippen molar-refractivity contribution < 1.29 is 12.8 Å². The molecule has 0 aliphatic rings. The van der Waals surface area contributed by atoms with Crippen molar-refractivity contribution in [3.63, 3.8) is 0 Å². The Morgan fingerprint density at radius 2 is 2.19 bits per heavy atom. The lowest BCUT2D eigenvalue weighted by molar-refractivity contribution is 0.393. The lowest BCUT2D eigenvalue weighted by atomic mass is 10.1. The molecule has 3 N–H and O–H groups in total. The number of rotatable bonds is 6. The van der Waals surface area contributed by atoms with Crippen molar-refractivity contribution >= 4 is 10.0 Å². The zero-order valence-corrected chi connectivity index (χ0v) is 10.4. The predicted octanol–water partition coefficient (Wildman–Crippen LogP) is 1.06. The fourth-order valence-corrected chi connectivity index (χ4v) is 1.67. The average molecular weight is 246 g/mol. The van der Waals surface area contributed by atoms with Gasteiger partial charge in [-0.15, -0.1) is 0 Å². The molecule has 1 aromatic heterocycles. The summed E-state index contributed by atoms with van der Waals surface area (Å²) < 4.78 is 27.0. The molecule has 5 nitrogen and oxygen atoms in total. The van der Waals surface area contributed by atoms with Crippen molar-refractivity contribution in [2.75, 3.05) is 6.54 Å². The maximum absolute atomic E-state index is 10.9. The summed E-state index contributed by atoms with van der Waals surface area (Å²) in [5.41, 5.74) is 0. The predicted molar refractivity (Wildman–Crippen MR) is 61.2 cm³/mol. The average Bonchev–Trinajstić information content (AvgIpc) is 2.65. The molecular formula is C10H18N2O3S. The normalized spacial score (nSPS) is 13.9. The highest BCUT2D eigenvalue weighted by atomic mass is 32.2. The van der Waals surface area contributed by atoms with E-state index in [1.54, 1.807) is 6.07 Å². The molecule has 0 saturated carbocycles. The molecule has 0 aliphatic carbocycles. The quantitative estimate of drug-likeness (QED) is 0.786. The van der Waals surface area contributed by atoms with Gasteiger partial charge in [0.1, 0.15) is 5.76 Å². The van der Waals surface area contributed by atoms with Gasteiger partial charge in [-0.3, -0.25) is 0 Å². The number of hydrogen-bond acceptors (Lipinski definition) is 4. The van der Waals surface area contributed by atoms with Crippen molar-refractivity contribution in [2.45, 2.75) is 31.9 Å². The summed E-state index contributed by atoms with van der Waals surface area (Å²) in [6.07, 6.45) is 1.10. The first-order chi connectivity index (χ1) is 7.43. The van der Waals surface area contributed by atoms with E-state index in [1.807, 2.05) is 0 Å². The summed E-state index contributed by atoms with van der Waals surface area (Å²) >= 11 is 0. The number of nitrogens with one attached hydrogen (secondary N) is 1. The first-order valence-corrected chi connectivity index (χ1v) is 6.80. The first-order valence-electron chi connectivity index (χ1n) is 5.25. The van der Waals surface area contributed by atoms with Crippen LogP contribution in [0.3, 0.4) is 0 Å². The van der Waals surface area contributed by atoms with Crippen LogP contribution in [-0.2, 0) is 16.6 Å². The van der Waals surface area contributed by atoms with Crippen molar-refractivity contribution in [3.05, 3.63) is 17.9 Å². The zero-order chi connectivity index (χ0) is 12.2. The Bertz CT molecular complexity index is 425. The molecule has 0 saturated heterocycles. The summed E-state index contributed by atoms with van der Waals surface area (Å²) in [5, 5.41) is 7.93. The molecule has 0 fully saturated rings. The standard InChI is InChI=1S/C10H18N2O3S/c1-3-8(2)6-12-7-9-4-5-10(15-9)16(11,13)14/h4-5,8,12H,3,6-7H2,1-2H3,(H2,11,13,14). The summed E-state index contributed by atoms with van der Waals surface area (Å²) in [6.45, 7) is 5.66. The second kappa shape index (κ2) is 5.47. The molecule has 6 heteroatoms. The topological polar surface area (TPSA) is 85.3 Å². The molecule has 1 aromatic rings. The summed E-state index contributed by atoms with van der Waals surface area (Å²) in [4.78, 5) is 0. The van der Waals surface area contributed by atoms with Crippen molar-refractivity contribution in [2.24, 2.45) is 11.1 Å². The van der Waals surface area contributed by atoms with E-state index in [-0.39, 0.29) is 5.09 Å². The van der Waals surface area contributed by atoms with Crippen molar-refractivity contribution in [3.8, 4) is 0 Å². The van der Waals surface area contributed by atoms with E-state index in [4.69, 9.17) is 9.56 Å². The van der Waals surface area contributed by atoms with Crippen LogP contribution in [0.5, 0.6) is 0 Å². The minimum absolute atomic E-state index is 0.187. The van der Waals surface area contributed by atoms with Crippen LogP contribution in [0.15, 0.2) is 21.6 Å². The highest BCUT2D eigenvalue weighted by Gasteiger charge is 2.12. The Balaban J connectivity index is 2.47. The maximum Gasteiger partial charge on any atom is 0.271 e. The van der Waals surface area contributed by atoms with E-state index < -0.39 is 10.0 Å². The zero-order valence-electron chi connectivity index (χ0n) is 9.56. The molecule has 1 unspecified atom stereocenters. The Morgan fingerprint density at radius 1 is 1.50 bits per heavy atom. The van der Waals surface area contributed by atoms with Gasteiger partial charge in [-0.2, -0.15) is 0 Å². The second-order valence-electron chi connectivity index (χ2n) is 3.91. The number of sulfonamides is 1. The molecule has 0 aromatic carbocycles. The van der Waals surface area contributed by atoms with Crippen LogP contribution in [0.2, 0.25) is 0 Å². The third kappa shape index (κ3) is 3.96. The van der Waals surface area contributed by atoms with Gasteiger partial charge in [0.15, 0.2) is 0 Å². The number of nitrogens with two attached hydrogens (primary N) is 1. The van der Waals surface area contributed by atoms with Crippen LogP contribution < -0.4 is 10.5 Å². The molecule has 0 bridgehead atoms. The van der Waals surface area contributed by atoms with Gasteiger partial charge >= 0.3 is 0 Å². The molecule has 0 aliphatic heterocycles. The van der Waals surface area contributed by atoms with Crippen LogP contribution >= 0.6 is 0 Å². The van der Waals surface area contributed by atoms with Gasteiger partial charge in [-0.25, -0.2) is 13.6 Å². The van der Waals surface area contributed by atoms with Crippen LogP contribution in [-0.4, -0.2) is 15.0 Å². The van der Waals surface area contributed by atoms with E-state index in [0.717, 1.165) is 13.0 Å². The molecule has 16 heavy (non-hydrogen) atoms. The van der Waals surface area contributed by atoms with Crippen LogP contribution in [0.4, 0.5) is 0 Å². The molecule has 1 rings (SSSR count). The highest BCUT2D eigenvalue weighted by molar-refractivity contribution is 7.89. The number of primary sulfonamides is 1. The van der Waals surface area contributed by atoms with Gasteiger partial charge in [-0.05, 0) is 24.6 Å². The fourth-order valence-electron chi connectivity index (χ4n) is 1.19. The minimum Gasteiger partial charge on any atom is -0.447 e. The smallest absolute Gasteiger partial charge is 0.271 e. The van der Waals surface area contributed by atoms with E-state index in [1.165, 1.54) is 6.07 Å². The minimum atomic E-state index is -3.72. The van der Waals surface area contributed by atoms with Gasteiger partial charge < -0.3 is 9.73 Å². The molecule has 1 atom stereocenters. The third-order valence-corrected chi connectivity index (χ3v) is 3.19. The van der Waals surface area contributed by atoms with Crippen LogP contribution in [0.1, 0.15) is 26.0 Å². The van der Waals surface area contributed by atoms with E-state index >= 15 is 0 Å². The SMILES string of the molecule is CCC(C)CNCc1ccc(S(N)(=O)=O)o1. The lowest BCUT2D eigenvalue weighted by Crippen LogP contribution is -2.20. The molecule has 0 spiro atoms. The van der Waals surface area contributed by atoms with Gasteiger partial charge in [0, 0.05) is 0 Å². The van der Waals surface area contributed by atoms with Crippen LogP contribution in [0, 0.1) is 5.92 Å².